The Morgan fingerprint density at radius 1 is 1.67 bits per heavy atom. The summed E-state index contributed by atoms with van der Waals surface area (Å²) in [6.45, 7) is 6.44. The summed E-state index contributed by atoms with van der Waals surface area (Å²) in [6.07, 6.45) is 2.92. The molecule has 50 valence electrons. The number of halogens is 1. The molecular weight excluding hydrogens is 137 g/mol. The first-order chi connectivity index (χ1) is 4.22. The van der Waals surface area contributed by atoms with Gasteiger partial charge in [0.25, 0.3) is 0 Å². The van der Waals surface area contributed by atoms with Gasteiger partial charge >= 0.3 is 0 Å². The minimum absolute atomic E-state index is 0.310. The lowest BCUT2D eigenvalue weighted by atomic mass is 10.4. The standard InChI is InChI=1S/C6H8FNS/c1-3-4-6(9-8)5(2)7/h3-4H,1-2,8H2/b6-4+. The van der Waals surface area contributed by atoms with Crippen molar-refractivity contribution in [3.05, 3.63) is 36.0 Å². The maximum atomic E-state index is 12.1. The third-order valence-corrected chi connectivity index (χ3v) is 1.28. The summed E-state index contributed by atoms with van der Waals surface area (Å²) < 4.78 is 12.1. The molecule has 0 bridgehead atoms. The molecule has 0 radical (unpaired) electrons. The second-order valence-corrected chi connectivity index (χ2v) is 1.96. The molecule has 0 unspecified atom stereocenters. The van der Waals surface area contributed by atoms with Gasteiger partial charge in [-0.05, 0) is 18.0 Å². The highest BCUT2D eigenvalue weighted by atomic mass is 32.2. The lowest BCUT2D eigenvalue weighted by Gasteiger charge is -1.93. The maximum Gasteiger partial charge on any atom is 0.130 e. The Hall–Kier alpha value is -0.540. The molecule has 0 aromatic carbocycles. The molecule has 9 heavy (non-hydrogen) atoms. The number of hydrogen-bond donors (Lipinski definition) is 1. The fraction of sp³-hybridized carbons (Fsp3) is 0. The van der Waals surface area contributed by atoms with Crippen LogP contribution in [0.5, 0.6) is 0 Å². The Bertz CT molecular complexity index is 151. The topological polar surface area (TPSA) is 26.0 Å². The summed E-state index contributed by atoms with van der Waals surface area (Å²) in [5, 5.41) is 5.06. The molecule has 0 rings (SSSR count). The zero-order valence-corrected chi connectivity index (χ0v) is 5.75. The molecule has 0 aliphatic carbocycles. The largest absolute Gasteiger partial charge is 0.274 e. The van der Waals surface area contributed by atoms with Crippen molar-refractivity contribution in [3.63, 3.8) is 0 Å². The molecule has 0 aliphatic heterocycles. The van der Waals surface area contributed by atoms with Gasteiger partial charge in [0.05, 0.1) is 4.91 Å². The molecule has 0 saturated carbocycles. The minimum Gasteiger partial charge on any atom is -0.274 e. The Morgan fingerprint density at radius 3 is 2.33 bits per heavy atom. The lowest BCUT2D eigenvalue weighted by Crippen LogP contribution is -1.82. The number of allylic oxidation sites excluding steroid dienone is 3. The van der Waals surface area contributed by atoms with Crippen LogP contribution in [0.2, 0.25) is 0 Å². The van der Waals surface area contributed by atoms with Crippen molar-refractivity contribution in [1.82, 2.24) is 0 Å². The van der Waals surface area contributed by atoms with Gasteiger partial charge in [-0.25, -0.2) is 4.39 Å². The highest BCUT2D eigenvalue weighted by Gasteiger charge is 1.96. The predicted molar refractivity (Wildman–Crippen MR) is 40.3 cm³/mol. The molecule has 0 saturated heterocycles. The van der Waals surface area contributed by atoms with E-state index in [1.54, 1.807) is 0 Å². The smallest absolute Gasteiger partial charge is 0.130 e. The maximum absolute atomic E-state index is 12.1. The van der Waals surface area contributed by atoms with E-state index in [1.165, 1.54) is 12.2 Å². The molecule has 0 amide bonds. The van der Waals surface area contributed by atoms with E-state index in [9.17, 15) is 4.39 Å². The minimum atomic E-state index is -0.526. The van der Waals surface area contributed by atoms with E-state index in [1.807, 2.05) is 0 Å². The van der Waals surface area contributed by atoms with Crippen LogP contribution in [-0.4, -0.2) is 0 Å². The van der Waals surface area contributed by atoms with Gasteiger partial charge in [0.2, 0.25) is 0 Å². The van der Waals surface area contributed by atoms with Crippen molar-refractivity contribution in [3.8, 4) is 0 Å². The summed E-state index contributed by atoms with van der Waals surface area (Å²) in [4.78, 5) is 0.310. The molecule has 0 aromatic rings. The van der Waals surface area contributed by atoms with Crippen molar-refractivity contribution < 1.29 is 4.39 Å². The Morgan fingerprint density at radius 2 is 2.22 bits per heavy atom. The van der Waals surface area contributed by atoms with Crippen LogP contribution < -0.4 is 5.14 Å². The van der Waals surface area contributed by atoms with E-state index in [-0.39, 0.29) is 0 Å². The zero-order valence-electron chi connectivity index (χ0n) is 4.93. The second-order valence-electron chi connectivity index (χ2n) is 1.29. The van der Waals surface area contributed by atoms with E-state index in [0.29, 0.717) is 4.91 Å². The molecule has 0 aromatic heterocycles. The highest BCUT2D eigenvalue weighted by Crippen LogP contribution is 2.17. The van der Waals surface area contributed by atoms with E-state index >= 15 is 0 Å². The summed E-state index contributed by atoms with van der Waals surface area (Å²) >= 11 is 0.818. The third-order valence-electron chi connectivity index (χ3n) is 0.664. The second kappa shape index (κ2) is 4.35. The van der Waals surface area contributed by atoms with Crippen LogP contribution in [0.4, 0.5) is 4.39 Å². The number of rotatable bonds is 3. The van der Waals surface area contributed by atoms with Crippen LogP contribution in [0, 0.1) is 0 Å². The predicted octanol–water partition coefficient (Wildman–Crippen LogP) is 2.15. The Kier molecular flexibility index (Phi) is 4.09. The summed E-state index contributed by atoms with van der Waals surface area (Å²) in [6, 6.07) is 0. The fourth-order valence-electron chi connectivity index (χ4n) is 0.301. The van der Waals surface area contributed by atoms with Crippen molar-refractivity contribution in [2.24, 2.45) is 5.14 Å². The van der Waals surface area contributed by atoms with Gasteiger partial charge in [0.15, 0.2) is 0 Å². The third kappa shape index (κ3) is 3.11. The monoisotopic (exact) mass is 145 g/mol. The van der Waals surface area contributed by atoms with Crippen LogP contribution in [0.25, 0.3) is 0 Å². The quantitative estimate of drug-likeness (QED) is 0.486. The van der Waals surface area contributed by atoms with E-state index < -0.39 is 5.83 Å². The van der Waals surface area contributed by atoms with Gasteiger partial charge in [-0.3, -0.25) is 5.14 Å². The van der Waals surface area contributed by atoms with Crippen LogP contribution in [-0.2, 0) is 0 Å². The summed E-state index contributed by atoms with van der Waals surface area (Å²) in [5.41, 5.74) is 0. The van der Waals surface area contributed by atoms with Crippen molar-refractivity contribution in [1.29, 1.82) is 0 Å². The summed E-state index contributed by atoms with van der Waals surface area (Å²) in [5.74, 6) is -0.526. The zero-order chi connectivity index (χ0) is 7.28. The van der Waals surface area contributed by atoms with Gasteiger partial charge in [-0.2, -0.15) is 0 Å². The first-order valence-corrected chi connectivity index (χ1v) is 3.14. The molecule has 0 fully saturated rings. The number of nitrogens with two attached hydrogens (primary N) is 1. The van der Waals surface area contributed by atoms with Crippen LogP contribution in [0.15, 0.2) is 36.0 Å². The average molecular weight is 145 g/mol. The van der Waals surface area contributed by atoms with Crippen LogP contribution in [0.3, 0.4) is 0 Å². The molecule has 3 heteroatoms. The van der Waals surface area contributed by atoms with Crippen molar-refractivity contribution in [2.75, 3.05) is 0 Å². The van der Waals surface area contributed by atoms with E-state index in [2.05, 4.69) is 13.2 Å². The molecule has 0 aliphatic rings. The molecule has 0 atom stereocenters. The first-order valence-electron chi connectivity index (χ1n) is 2.26. The van der Waals surface area contributed by atoms with Crippen LogP contribution >= 0.6 is 11.9 Å². The van der Waals surface area contributed by atoms with Gasteiger partial charge in [0, 0.05) is 0 Å². The lowest BCUT2D eigenvalue weighted by molar-refractivity contribution is 0.668. The van der Waals surface area contributed by atoms with Gasteiger partial charge in [0.1, 0.15) is 5.83 Å². The SMILES string of the molecule is C=C/C=C(/SN)C(=C)F. The van der Waals surface area contributed by atoms with Crippen LogP contribution in [0.1, 0.15) is 0 Å². The number of hydrogen-bond acceptors (Lipinski definition) is 2. The molecular formula is C6H8FNS. The van der Waals surface area contributed by atoms with Crippen molar-refractivity contribution >= 4 is 11.9 Å². The van der Waals surface area contributed by atoms with E-state index in [0.717, 1.165) is 11.9 Å². The highest BCUT2D eigenvalue weighted by molar-refractivity contribution is 8.01. The first kappa shape index (κ1) is 8.46. The Balaban J connectivity index is 4.14. The molecule has 2 N–H and O–H groups in total. The summed E-state index contributed by atoms with van der Waals surface area (Å²) in [7, 11) is 0. The van der Waals surface area contributed by atoms with Gasteiger partial charge in [-0.15, -0.1) is 0 Å². The molecule has 0 heterocycles. The molecule has 1 nitrogen and oxygen atoms in total. The normalized spacial score (nSPS) is 11.1. The van der Waals surface area contributed by atoms with Gasteiger partial charge < -0.3 is 0 Å². The van der Waals surface area contributed by atoms with Crippen molar-refractivity contribution in [2.45, 2.75) is 0 Å². The fourth-order valence-corrected chi connectivity index (χ4v) is 0.603. The van der Waals surface area contributed by atoms with E-state index in [4.69, 9.17) is 5.14 Å². The van der Waals surface area contributed by atoms with Gasteiger partial charge in [-0.1, -0.05) is 19.2 Å². The molecule has 0 spiro atoms. The average Bonchev–Trinajstić information content (AvgIpc) is 1.82. The Labute approximate surface area is 58.3 Å².